The number of nitrogens with zero attached hydrogens (tertiary/aromatic N) is 1. The number of nitrogens with one attached hydrogen (secondary N) is 2. The Morgan fingerprint density at radius 1 is 0.914 bits per heavy atom. The van der Waals surface area contributed by atoms with E-state index in [1.165, 1.54) is 11.1 Å². The molecule has 1 aromatic heterocycles. The predicted octanol–water partition coefficient (Wildman–Crippen LogP) is 4.55. The van der Waals surface area contributed by atoms with Crippen molar-refractivity contribution in [2.45, 2.75) is 25.5 Å². The number of aliphatic hydroxyl groups is 2. The molecule has 1 heterocycles. The molecular formula is C29H29N3O3. The third-order valence-electron chi connectivity index (χ3n) is 5.75. The Balaban J connectivity index is 1.44. The molecule has 0 aliphatic heterocycles. The molecule has 4 rings (SSSR count). The molecule has 0 radical (unpaired) electrons. The first-order valence-electron chi connectivity index (χ1n) is 11.5. The standard InChI is InChI=1S/C29H29N3O3/c1-20-7-5-8-21(15-20)16-22-13-14-30-27(17-22)31-25-12-6-11-24(18-25)29(35)32-26(19-33)28(34)23-9-3-2-4-10-23/h2-15,17-18,26,28,33-34H,16,19H2,1H3,(H,30,31)(H,32,35)/t26-,28+/m0/s1. The van der Waals surface area contributed by atoms with E-state index >= 15 is 0 Å². The zero-order valence-corrected chi connectivity index (χ0v) is 19.6. The number of aromatic nitrogens is 1. The molecule has 3 aromatic carbocycles. The lowest BCUT2D eigenvalue weighted by atomic mass is 10.0. The molecule has 0 spiro atoms. The average Bonchev–Trinajstić information content (AvgIpc) is 2.87. The third kappa shape index (κ3) is 6.53. The normalized spacial score (nSPS) is 12.5. The van der Waals surface area contributed by atoms with Gasteiger partial charge in [-0.2, -0.15) is 0 Å². The van der Waals surface area contributed by atoms with E-state index in [0.29, 0.717) is 22.6 Å². The molecule has 0 saturated heterocycles. The SMILES string of the molecule is Cc1cccc(Cc2ccnc(Nc3cccc(C(=O)N[C@@H](CO)[C@H](O)c4ccccc4)c3)c2)c1. The second-order valence-corrected chi connectivity index (χ2v) is 8.54. The smallest absolute Gasteiger partial charge is 0.251 e. The lowest BCUT2D eigenvalue weighted by Crippen LogP contribution is -2.42. The number of carbonyl (C=O) groups excluding carboxylic acids is 1. The molecule has 0 unspecified atom stereocenters. The maximum Gasteiger partial charge on any atom is 0.251 e. The van der Waals surface area contributed by atoms with E-state index in [1.54, 1.807) is 48.7 Å². The van der Waals surface area contributed by atoms with Gasteiger partial charge in [0.25, 0.3) is 5.91 Å². The van der Waals surface area contributed by atoms with Crippen molar-refractivity contribution in [1.82, 2.24) is 10.3 Å². The summed E-state index contributed by atoms with van der Waals surface area (Å²) < 4.78 is 0. The predicted molar refractivity (Wildman–Crippen MR) is 138 cm³/mol. The lowest BCUT2D eigenvalue weighted by molar-refractivity contribution is 0.0703. The van der Waals surface area contributed by atoms with Crippen molar-refractivity contribution < 1.29 is 15.0 Å². The number of aliphatic hydroxyl groups excluding tert-OH is 2. The van der Waals surface area contributed by atoms with Crippen molar-refractivity contribution >= 4 is 17.4 Å². The number of pyridine rings is 1. The maximum absolute atomic E-state index is 12.9. The summed E-state index contributed by atoms with van der Waals surface area (Å²) >= 11 is 0. The van der Waals surface area contributed by atoms with Crippen LogP contribution < -0.4 is 10.6 Å². The number of aryl methyl sites for hydroxylation is 1. The van der Waals surface area contributed by atoms with Gasteiger partial charge in [-0.25, -0.2) is 4.98 Å². The molecule has 6 nitrogen and oxygen atoms in total. The van der Waals surface area contributed by atoms with Gasteiger partial charge in [-0.05, 0) is 60.4 Å². The largest absolute Gasteiger partial charge is 0.394 e. The highest BCUT2D eigenvalue weighted by atomic mass is 16.3. The van der Waals surface area contributed by atoms with Crippen LogP contribution in [0.3, 0.4) is 0 Å². The summed E-state index contributed by atoms with van der Waals surface area (Å²) in [6.45, 7) is 1.69. The number of rotatable bonds is 9. The van der Waals surface area contributed by atoms with E-state index in [-0.39, 0.29) is 5.91 Å². The Bertz CT molecular complexity index is 1280. The van der Waals surface area contributed by atoms with Gasteiger partial charge in [-0.3, -0.25) is 4.79 Å². The summed E-state index contributed by atoms with van der Waals surface area (Å²) in [7, 11) is 0. The van der Waals surface area contributed by atoms with E-state index in [4.69, 9.17) is 0 Å². The first kappa shape index (κ1) is 24.1. The van der Waals surface area contributed by atoms with E-state index in [2.05, 4.69) is 46.8 Å². The monoisotopic (exact) mass is 467 g/mol. The van der Waals surface area contributed by atoms with E-state index in [0.717, 1.165) is 12.0 Å². The molecule has 0 saturated carbocycles. The van der Waals surface area contributed by atoms with Crippen molar-refractivity contribution in [2.24, 2.45) is 0 Å². The minimum Gasteiger partial charge on any atom is -0.394 e. The number of benzene rings is 3. The van der Waals surface area contributed by atoms with Crippen LogP contribution in [0.25, 0.3) is 0 Å². The maximum atomic E-state index is 12.9. The number of hydrogen-bond donors (Lipinski definition) is 4. The zero-order valence-electron chi connectivity index (χ0n) is 19.6. The number of anilines is 2. The van der Waals surface area contributed by atoms with Crippen LogP contribution in [0.15, 0.2) is 97.2 Å². The van der Waals surface area contributed by atoms with E-state index in [1.807, 2.05) is 24.3 Å². The molecule has 2 atom stereocenters. The molecule has 0 bridgehead atoms. The lowest BCUT2D eigenvalue weighted by Gasteiger charge is -2.22. The van der Waals surface area contributed by atoms with Gasteiger partial charge in [-0.15, -0.1) is 0 Å². The summed E-state index contributed by atoms with van der Waals surface area (Å²) in [5, 5.41) is 26.3. The van der Waals surface area contributed by atoms with E-state index < -0.39 is 18.8 Å². The molecule has 0 aliphatic carbocycles. The molecule has 0 fully saturated rings. The molecule has 4 aromatic rings. The molecule has 6 heteroatoms. The summed E-state index contributed by atoms with van der Waals surface area (Å²) in [6, 6.07) is 27.5. The highest BCUT2D eigenvalue weighted by molar-refractivity contribution is 5.95. The van der Waals surface area contributed by atoms with Gasteiger partial charge >= 0.3 is 0 Å². The Kier molecular flexibility index (Phi) is 7.88. The van der Waals surface area contributed by atoms with Gasteiger partial charge in [-0.1, -0.05) is 66.2 Å². The molecule has 35 heavy (non-hydrogen) atoms. The van der Waals surface area contributed by atoms with Gasteiger partial charge in [0, 0.05) is 17.4 Å². The fraction of sp³-hybridized carbons (Fsp3) is 0.172. The van der Waals surface area contributed by atoms with Crippen molar-refractivity contribution in [2.75, 3.05) is 11.9 Å². The van der Waals surface area contributed by atoms with Gasteiger partial charge in [0.2, 0.25) is 0 Å². The Labute approximate surface area is 205 Å². The summed E-state index contributed by atoms with van der Waals surface area (Å²) in [5.74, 6) is 0.296. The number of hydrogen-bond acceptors (Lipinski definition) is 5. The molecule has 178 valence electrons. The summed E-state index contributed by atoms with van der Waals surface area (Å²) in [4.78, 5) is 17.3. The first-order valence-corrected chi connectivity index (χ1v) is 11.5. The van der Waals surface area contributed by atoms with Gasteiger partial charge < -0.3 is 20.8 Å². The fourth-order valence-corrected chi connectivity index (χ4v) is 3.96. The van der Waals surface area contributed by atoms with Crippen LogP contribution in [0.4, 0.5) is 11.5 Å². The van der Waals surface area contributed by atoms with Gasteiger partial charge in [0.1, 0.15) is 11.9 Å². The second kappa shape index (κ2) is 11.4. The fourth-order valence-electron chi connectivity index (χ4n) is 3.96. The molecule has 1 amide bonds. The van der Waals surface area contributed by atoms with Crippen LogP contribution in [0.5, 0.6) is 0 Å². The van der Waals surface area contributed by atoms with Crippen molar-refractivity contribution in [3.63, 3.8) is 0 Å². The van der Waals surface area contributed by atoms with E-state index in [9.17, 15) is 15.0 Å². The highest BCUT2D eigenvalue weighted by Crippen LogP contribution is 2.20. The topological polar surface area (TPSA) is 94.5 Å². The summed E-state index contributed by atoms with van der Waals surface area (Å²) in [5.41, 5.74) is 5.33. The molecular weight excluding hydrogens is 438 g/mol. The molecule has 4 N–H and O–H groups in total. The number of carbonyl (C=O) groups is 1. The van der Waals surface area contributed by atoms with Gasteiger partial charge in [0.05, 0.1) is 12.6 Å². The van der Waals surface area contributed by atoms with Crippen molar-refractivity contribution in [1.29, 1.82) is 0 Å². The molecule has 0 aliphatic rings. The van der Waals surface area contributed by atoms with Gasteiger partial charge in [0.15, 0.2) is 0 Å². The third-order valence-corrected chi connectivity index (χ3v) is 5.75. The minimum atomic E-state index is -1.02. The van der Waals surface area contributed by atoms with Crippen LogP contribution in [-0.4, -0.2) is 33.8 Å². The Morgan fingerprint density at radius 2 is 1.69 bits per heavy atom. The second-order valence-electron chi connectivity index (χ2n) is 8.54. The van der Waals surface area contributed by atoms with Crippen LogP contribution in [0, 0.1) is 6.92 Å². The minimum absolute atomic E-state index is 0.385. The Morgan fingerprint density at radius 3 is 2.46 bits per heavy atom. The van der Waals surface area contributed by atoms with Crippen LogP contribution in [-0.2, 0) is 6.42 Å². The van der Waals surface area contributed by atoms with Crippen molar-refractivity contribution in [3.05, 3.63) is 125 Å². The van der Waals surface area contributed by atoms with Crippen molar-refractivity contribution in [3.8, 4) is 0 Å². The highest BCUT2D eigenvalue weighted by Gasteiger charge is 2.22. The van der Waals surface area contributed by atoms with Crippen LogP contribution >= 0.6 is 0 Å². The zero-order chi connectivity index (χ0) is 24.6. The van der Waals surface area contributed by atoms with Crippen LogP contribution in [0.1, 0.15) is 38.7 Å². The average molecular weight is 468 g/mol. The van der Waals surface area contributed by atoms with Crippen LogP contribution in [0.2, 0.25) is 0 Å². The number of amides is 1. The Hall–Kier alpha value is -4.00. The first-order chi connectivity index (χ1) is 17.0. The summed E-state index contributed by atoms with van der Waals surface area (Å²) in [6.07, 6.45) is 1.54. The quantitative estimate of drug-likeness (QED) is 0.290.